The molecule has 0 amide bonds. The first-order valence-electron chi connectivity index (χ1n) is 4.79. The Morgan fingerprint density at radius 3 is 3.00 bits per heavy atom. The highest BCUT2D eigenvalue weighted by molar-refractivity contribution is 5.88. The van der Waals surface area contributed by atoms with Gasteiger partial charge in [-0.1, -0.05) is 12.1 Å². The highest BCUT2D eigenvalue weighted by atomic mass is 16.5. The minimum Gasteiger partial charge on any atom is -0.496 e. The van der Waals surface area contributed by atoms with Crippen molar-refractivity contribution in [1.82, 2.24) is 9.38 Å². The zero-order valence-electron chi connectivity index (χ0n) is 8.34. The standard InChI is InChI=1S/C12H10N2O/c1-15-11-8-12-13-6-7-14(12)10-5-3-2-4-9(10)11/h2-8H,1H3. The predicted molar refractivity (Wildman–Crippen MR) is 59.3 cm³/mol. The molecule has 0 radical (unpaired) electrons. The molecule has 3 aromatic rings. The van der Waals surface area contributed by atoms with Crippen molar-refractivity contribution < 1.29 is 4.74 Å². The van der Waals surface area contributed by atoms with E-state index in [4.69, 9.17) is 4.74 Å². The third-order valence-electron chi connectivity index (χ3n) is 2.58. The number of rotatable bonds is 1. The first kappa shape index (κ1) is 8.29. The largest absolute Gasteiger partial charge is 0.496 e. The van der Waals surface area contributed by atoms with Crippen LogP contribution in [0.15, 0.2) is 42.7 Å². The molecule has 0 N–H and O–H groups in total. The van der Waals surface area contributed by atoms with Gasteiger partial charge >= 0.3 is 0 Å². The van der Waals surface area contributed by atoms with E-state index in [0.29, 0.717) is 0 Å². The highest BCUT2D eigenvalue weighted by Gasteiger charge is 2.05. The maximum Gasteiger partial charge on any atom is 0.140 e. The molecule has 15 heavy (non-hydrogen) atoms. The van der Waals surface area contributed by atoms with Crippen LogP contribution in [0.4, 0.5) is 0 Å². The van der Waals surface area contributed by atoms with Gasteiger partial charge in [0.05, 0.1) is 12.6 Å². The molecular weight excluding hydrogens is 188 g/mol. The number of nitrogens with zero attached hydrogens (tertiary/aromatic N) is 2. The molecule has 0 unspecified atom stereocenters. The minimum absolute atomic E-state index is 0.865. The van der Waals surface area contributed by atoms with Crippen molar-refractivity contribution in [2.75, 3.05) is 7.11 Å². The average molecular weight is 198 g/mol. The van der Waals surface area contributed by atoms with E-state index < -0.39 is 0 Å². The molecule has 0 fully saturated rings. The smallest absolute Gasteiger partial charge is 0.140 e. The normalized spacial score (nSPS) is 11.0. The lowest BCUT2D eigenvalue weighted by molar-refractivity contribution is 0.420. The third-order valence-corrected chi connectivity index (χ3v) is 2.58. The van der Waals surface area contributed by atoms with Crippen LogP contribution in [0.3, 0.4) is 0 Å². The van der Waals surface area contributed by atoms with Crippen molar-refractivity contribution in [1.29, 1.82) is 0 Å². The van der Waals surface area contributed by atoms with Gasteiger partial charge in [-0.25, -0.2) is 4.98 Å². The van der Waals surface area contributed by atoms with Crippen molar-refractivity contribution in [2.24, 2.45) is 0 Å². The van der Waals surface area contributed by atoms with Gasteiger partial charge in [0.15, 0.2) is 0 Å². The van der Waals surface area contributed by atoms with Crippen LogP contribution >= 0.6 is 0 Å². The molecule has 0 saturated heterocycles. The first-order valence-corrected chi connectivity index (χ1v) is 4.79. The number of benzene rings is 1. The topological polar surface area (TPSA) is 26.5 Å². The van der Waals surface area contributed by atoms with Crippen molar-refractivity contribution >= 4 is 16.6 Å². The Morgan fingerprint density at radius 2 is 2.13 bits per heavy atom. The Bertz CT molecular complexity index is 628. The Morgan fingerprint density at radius 1 is 1.27 bits per heavy atom. The van der Waals surface area contributed by atoms with Gasteiger partial charge in [0.1, 0.15) is 11.4 Å². The molecule has 0 spiro atoms. The van der Waals surface area contributed by atoms with E-state index in [1.54, 1.807) is 13.3 Å². The maximum absolute atomic E-state index is 5.35. The number of fused-ring (bicyclic) bond motifs is 3. The number of aromatic nitrogens is 2. The zero-order chi connectivity index (χ0) is 10.3. The quantitative estimate of drug-likeness (QED) is 0.600. The summed E-state index contributed by atoms with van der Waals surface area (Å²) >= 11 is 0. The van der Waals surface area contributed by atoms with Gasteiger partial charge in [0.2, 0.25) is 0 Å². The predicted octanol–water partition coefficient (Wildman–Crippen LogP) is 2.50. The minimum atomic E-state index is 0.865. The first-order chi connectivity index (χ1) is 7.40. The number of hydrogen-bond acceptors (Lipinski definition) is 2. The van der Waals surface area contributed by atoms with E-state index in [1.807, 2.05) is 30.5 Å². The van der Waals surface area contributed by atoms with Crippen LogP contribution in [-0.2, 0) is 0 Å². The molecule has 0 aliphatic heterocycles. The second kappa shape index (κ2) is 2.98. The molecule has 1 aromatic carbocycles. The van der Waals surface area contributed by atoms with E-state index in [2.05, 4.69) is 15.5 Å². The van der Waals surface area contributed by atoms with Crippen LogP contribution in [-0.4, -0.2) is 16.5 Å². The number of ether oxygens (including phenoxy) is 1. The van der Waals surface area contributed by atoms with Gasteiger partial charge in [-0.15, -0.1) is 0 Å². The number of para-hydroxylation sites is 1. The van der Waals surface area contributed by atoms with Crippen molar-refractivity contribution in [2.45, 2.75) is 0 Å². The van der Waals surface area contributed by atoms with E-state index in [9.17, 15) is 0 Å². The molecule has 0 atom stereocenters. The SMILES string of the molecule is COc1cc2nccn2c2ccccc12. The molecule has 3 nitrogen and oxygen atoms in total. The molecule has 2 aromatic heterocycles. The van der Waals surface area contributed by atoms with Crippen LogP contribution < -0.4 is 4.74 Å². The van der Waals surface area contributed by atoms with Crippen molar-refractivity contribution in [3.8, 4) is 5.75 Å². The molecule has 0 aliphatic rings. The van der Waals surface area contributed by atoms with Gasteiger partial charge in [-0.05, 0) is 12.1 Å². The summed E-state index contributed by atoms with van der Waals surface area (Å²) in [6, 6.07) is 10.1. The van der Waals surface area contributed by atoms with E-state index in [0.717, 1.165) is 22.3 Å². The fourth-order valence-corrected chi connectivity index (χ4v) is 1.88. The number of hydrogen-bond donors (Lipinski definition) is 0. The molecule has 3 rings (SSSR count). The summed E-state index contributed by atoms with van der Waals surface area (Å²) in [5, 5.41) is 1.10. The summed E-state index contributed by atoms with van der Waals surface area (Å²) in [4.78, 5) is 4.26. The Labute approximate surface area is 86.9 Å². The Balaban J connectivity index is 2.58. The van der Waals surface area contributed by atoms with Crippen LogP contribution in [0.5, 0.6) is 5.75 Å². The fourth-order valence-electron chi connectivity index (χ4n) is 1.88. The molecule has 0 aliphatic carbocycles. The lowest BCUT2D eigenvalue weighted by Gasteiger charge is -2.07. The number of imidazole rings is 1. The molecule has 0 saturated carbocycles. The molecule has 74 valence electrons. The molecule has 0 bridgehead atoms. The van der Waals surface area contributed by atoms with Gasteiger partial charge in [0, 0.05) is 23.8 Å². The van der Waals surface area contributed by atoms with E-state index in [-0.39, 0.29) is 0 Å². The Hall–Kier alpha value is -2.03. The van der Waals surface area contributed by atoms with Crippen LogP contribution in [0.1, 0.15) is 0 Å². The Kier molecular flexibility index (Phi) is 1.65. The maximum atomic E-state index is 5.35. The average Bonchev–Trinajstić information content (AvgIpc) is 2.76. The van der Waals surface area contributed by atoms with Crippen LogP contribution in [0.2, 0.25) is 0 Å². The lowest BCUT2D eigenvalue weighted by atomic mass is 10.2. The monoisotopic (exact) mass is 198 g/mol. The zero-order valence-corrected chi connectivity index (χ0v) is 8.34. The number of methoxy groups -OCH3 is 1. The molecule has 3 heteroatoms. The summed E-state index contributed by atoms with van der Waals surface area (Å²) in [5.74, 6) is 0.865. The van der Waals surface area contributed by atoms with E-state index >= 15 is 0 Å². The number of pyridine rings is 1. The van der Waals surface area contributed by atoms with Gasteiger partial charge in [-0.3, -0.25) is 4.40 Å². The van der Waals surface area contributed by atoms with E-state index in [1.165, 1.54) is 0 Å². The summed E-state index contributed by atoms with van der Waals surface area (Å²) in [7, 11) is 1.68. The van der Waals surface area contributed by atoms with Gasteiger partial charge in [-0.2, -0.15) is 0 Å². The summed E-state index contributed by atoms with van der Waals surface area (Å²) < 4.78 is 7.41. The summed E-state index contributed by atoms with van der Waals surface area (Å²) in [5.41, 5.74) is 2.02. The molecular formula is C12H10N2O. The summed E-state index contributed by atoms with van der Waals surface area (Å²) in [6.45, 7) is 0. The third kappa shape index (κ3) is 1.09. The van der Waals surface area contributed by atoms with Crippen LogP contribution in [0.25, 0.3) is 16.6 Å². The highest BCUT2D eigenvalue weighted by Crippen LogP contribution is 2.26. The lowest BCUT2D eigenvalue weighted by Crippen LogP contribution is -1.91. The van der Waals surface area contributed by atoms with Crippen molar-refractivity contribution in [3.63, 3.8) is 0 Å². The summed E-state index contributed by atoms with van der Waals surface area (Å²) in [6.07, 6.45) is 3.75. The van der Waals surface area contributed by atoms with Gasteiger partial charge < -0.3 is 4.74 Å². The van der Waals surface area contributed by atoms with Gasteiger partial charge in [0.25, 0.3) is 0 Å². The van der Waals surface area contributed by atoms with Crippen LogP contribution in [0, 0.1) is 0 Å². The second-order valence-electron chi connectivity index (χ2n) is 3.39. The second-order valence-corrected chi connectivity index (χ2v) is 3.39. The fraction of sp³-hybridized carbons (Fsp3) is 0.0833. The molecule has 2 heterocycles. The van der Waals surface area contributed by atoms with Crippen molar-refractivity contribution in [3.05, 3.63) is 42.7 Å².